The maximum atomic E-state index is 5.70. The molecule has 2 aromatic rings. The molecule has 0 radical (unpaired) electrons. The molecule has 5 heteroatoms. The van der Waals surface area contributed by atoms with Crippen molar-refractivity contribution in [2.75, 3.05) is 0 Å². The van der Waals surface area contributed by atoms with Crippen molar-refractivity contribution in [2.45, 2.75) is 0 Å². The van der Waals surface area contributed by atoms with Gasteiger partial charge in [0, 0.05) is 6.20 Å². The molecule has 0 aromatic carbocycles. The van der Waals surface area contributed by atoms with Crippen molar-refractivity contribution in [3.8, 4) is 11.6 Å². The number of aromatic nitrogens is 2. The summed E-state index contributed by atoms with van der Waals surface area (Å²) in [7, 11) is 0. The third-order valence-electron chi connectivity index (χ3n) is 1.42. The van der Waals surface area contributed by atoms with Crippen LogP contribution in [-0.2, 0) is 0 Å². The van der Waals surface area contributed by atoms with Crippen LogP contribution in [0.3, 0.4) is 0 Å². The Balaban J connectivity index is 2.46. The first-order valence-corrected chi connectivity index (χ1v) is 4.67. The van der Waals surface area contributed by atoms with Gasteiger partial charge in [-0.15, -0.1) is 0 Å². The molecule has 0 atom stereocenters. The maximum absolute atomic E-state index is 5.70. The fraction of sp³-hybridized carbons (Fsp3) is 0. The molecule has 2 aromatic heterocycles. The molecule has 2 heterocycles. The van der Waals surface area contributed by atoms with Crippen LogP contribution in [0.4, 0.5) is 0 Å². The van der Waals surface area contributed by atoms with Gasteiger partial charge in [0.15, 0.2) is 16.3 Å². The minimum Gasteiger partial charge on any atom is -0.446 e. The van der Waals surface area contributed by atoms with Crippen LogP contribution in [-0.4, -0.2) is 9.97 Å². The van der Waals surface area contributed by atoms with E-state index in [1.165, 1.54) is 0 Å². The van der Waals surface area contributed by atoms with E-state index in [9.17, 15) is 0 Å². The lowest BCUT2D eigenvalue weighted by Crippen LogP contribution is -1.85. The van der Waals surface area contributed by atoms with Crippen LogP contribution in [0.15, 0.2) is 33.5 Å². The van der Waals surface area contributed by atoms with Gasteiger partial charge in [-0.05, 0) is 34.1 Å². The van der Waals surface area contributed by atoms with E-state index in [1.54, 1.807) is 24.4 Å². The van der Waals surface area contributed by atoms with Gasteiger partial charge >= 0.3 is 0 Å². The predicted octanol–water partition coefficient (Wildman–Crippen LogP) is 3.15. The van der Waals surface area contributed by atoms with Gasteiger partial charge in [0.05, 0.1) is 0 Å². The molecule has 0 bridgehead atoms. The summed E-state index contributed by atoms with van der Waals surface area (Å²) in [4.78, 5) is 8.01. The standard InChI is InChI=1S/C8H4BrClN2O/c9-6-2-1-5(13-6)8-11-4-3-7(10)12-8/h1-4H. The Bertz CT molecular complexity index is 430. The van der Waals surface area contributed by atoms with E-state index in [0.29, 0.717) is 21.4 Å². The zero-order chi connectivity index (χ0) is 9.26. The summed E-state index contributed by atoms with van der Waals surface area (Å²) >= 11 is 8.89. The molecule has 0 aliphatic carbocycles. The number of furan rings is 1. The fourth-order valence-corrected chi connectivity index (χ4v) is 1.33. The Morgan fingerprint density at radius 3 is 2.77 bits per heavy atom. The highest BCUT2D eigenvalue weighted by molar-refractivity contribution is 9.10. The van der Waals surface area contributed by atoms with E-state index in [1.807, 2.05) is 0 Å². The first-order chi connectivity index (χ1) is 6.25. The zero-order valence-electron chi connectivity index (χ0n) is 6.37. The Morgan fingerprint density at radius 2 is 2.15 bits per heavy atom. The SMILES string of the molecule is Clc1ccnc(-c2ccc(Br)o2)n1. The molecular weight excluding hydrogens is 255 g/mol. The summed E-state index contributed by atoms with van der Waals surface area (Å²) < 4.78 is 5.90. The van der Waals surface area contributed by atoms with E-state index in [4.69, 9.17) is 16.0 Å². The molecule has 0 spiro atoms. The third-order valence-corrected chi connectivity index (χ3v) is 2.05. The molecule has 0 saturated heterocycles. The summed E-state index contributed by atoms with van der Waals surface area (Å²) in [6.07, 6.45) is 1.58. The Hall–Kier alpha value is -0.870. The van der Waals surface area contributed by atoms with Gasteiger partial charge in [-0.3, -0.25) is 0 Å². The molecule has 3 nitrogen and oxygen atoms in total. The van der Waals surface area contributed by atoms with Crippen molar-refractivity contribution in [3.05, 3.63) is 34.2 Å². The summed E-state index contributed by atoms with van der Waals surface area (Å²) in [6, 6.07) is 5.17. The molecule has 0 unspecified atom stereocenters. The lowest BCUT2D eigenvalue weighted by Gasteiger charge is -1.93. The lowest BCUT2D eigenvalue weighted by molar-refractivity contribution is 0.551. The predicted molar refractivity (Wildman–Crippen MR) is 52.4 cm³/mol. The highest BCUT2D eigenvalue weighted by Crippen LogP contribution is 2.22. The molecule has 0 fully saturated rings. The van der Waals surface area contributed by atoms with Gasteiger partial charge in [-0.1, -0.05) is 11.6 Å². The van der Waals surface area contributed by atoms with E-state index in [2.05, 4.69) is 25.9 Å². The minimum absolute atomic E-state index is 0.400. The topological polar surface area (TPSA) is 38.9 Å². The van der Waals surface area contributed by atoms with Crippen molar-refractivity contribution >= 4 is 27.5 Å². The van der Waals surface area contributed by atoms with Gasteiger partial charge in [-0.25, -0.2) is 9.97 Å². The fourth-order valence-electron chi connectivity index (χ4n) is 0.890. The van der Waals surface area contributed by atoms with Gasteiger partial charge in [0.25, 0.3) is 0 Å². The molecule has 0 saturated carbocycles. The molecule has 0 aliphatic rings. The van der Waals surface area contributed by atoms with Crippen LogP contribution in [0, 0.1) is 0 Å². The van der Waals surface area contributed by atoms with Gasteiger partial charge in [0.2, 0.25) is 0 Å². The maximum Gasteiger partial charge on any atom is 0.197 e. The van der Waals surface area contributed by atoms with Crippen molar-refractivity contribution < 1.29 is 4.42 Å². The highest BCUT2D eigenvalue weighted by Gasteiger charge is 2.05. The number of nitrogens with zero attached hydrogens (tertiary/aromatic N) is 2. The second kappa shape index (κ2) is 3.47. The second-order valence-electron chi connectivity index (χ2n) is 2.31. The van der Waals surface area contributed by atoms with Gasteiger partial charge in [0.1, 0.15) is 5.15 Å². The van der Waals surface area contributed by atoms with E-state index < -0.39 is 0 Å². The second-order valence-corrected chi connectivity index (χ2v) is 3.48. The highest BCUT2D eigenvalue weighted by atomic mass is 79.9. The average molecular weight is 259 g/mol. The molecule has 2 rings (SSSR count). The summed E-state index contributed by atoms with van der Waals surface area (Å²) in [6.45, 7) is 0. The minimum atomic E-state index is 0.400. The molecule has 0 N–H and O–H groups in total. The van der Waals surface area contributed by atoms with Crippen LogP contribution >= 0.6 is 27.5 Å². The smallest absolute Gasteiger partial charge is 0.197 e. The van der Waals surface area contributed by atoms with E-state index in [0.717, 1.165) is 0 Å². The van der Waals surface area contributed by atoms with Gasteiger partial charge in [-0.2, -0.15) is 0 Å². The van der Waals surface area contributed by atoms with Crippen molar-refractivity contribution in [1.82, 2.24) is 9.97 Å². The number of hydrogen-bond acceptors (Lipinski definition) is 3. The summed E-state index contributed by atoms with van der Waals surface area (Å²) in [5, 5.41) is 0.400. The molecule has 13 heavy (non-hydrogen) atoms. The quantitative estimate of drug-likeness (QED) is 0.739. The lowest BCUT2D eigenvalue weighted by atomic mass is 10.4. The molecule has 0 amide bonds. The van der Waals surface area contributed by atoms with Crippen LogP contribution in [0.1, 0.15) is 0 Å². The van der Waals surface area contributed by atoms with Gasteiger partial charge < -0.3 is 4.42 Å². The zero-order valence-corrected chi connectivity index (χ0v) is 8.71. The normalized spacial score (nSPS) is 10.3. The van der Waals surface area contributed by atoms with E-state index >= 15 is 0 Å². The van der Waals surface area contributed by atoms with Crippen LogP contribution in [0.5, 0.6) is 0 Å². The molecular formula is C8H4BrClN2O. The number of halogens is 2. The number of hydrogen-bond donors (Lipinski definition) is 0. The summed E-state index contributed by atoms with van der Waals surface area (Å²) in [5.41, 5.74) is 0. The van der Waals surface area contributed by atoms with Crippen molar-refractivity contribution in [3.63, 3.8) is 0 Å². The number of rotatable bonds is 1. The molecule has 66 valence electrons. The summed E-state index contributed by atoms with van der Waals surface area (Å²) in [5.74, 6) is 1.08. The van der Waals surface area contributed by atoms with Crippen molar-refractivity contribution in [1.29, 1.82) is 0 Å². The average Bonchev–Trinajstić information content (AvgIpc) is 2.52. The monoisotopic (exact) mass is 258 g/mol. The Labute approximate surface area is 87.9 Å². The third kappa shape index (κ3) is 1.89. The van der Waals surface area contributed by atoms with Crippen LogP contribution in [0.2, 0.25) is 5.15 Å². The van der Waals surface area contributed by atoms with Crippen molar-refractivity contribution in [2.24, 2.45) is 0 Å². The molecule has 0 aliphatic heterocycles. The van der Waals surface area contributed by atoms with Crippen LogP contribution in [0.25, 0.3) is 11.6 Å². The largest absolute Gasteiger partial charge is 0.446 e. The van der Waals surface area contributed by atoms with Crippen LogP contribution < -0.4 is 0 Å². The first-order valence-electron chi connectivity index (χ1n) is 3.50. The van der Waals surface area contributed by atoms with E-state index in [-0.39, 0.29) is 0 Å². The Morgan fingerprint density at radius 1 is 1.31 bits per heavy atom. The Kier molecular flexibility index (Phi) is 2.33. The first kappa shape index (κ1) is 8.72.